The number of ether oxygens (including phenoxy) is 3. The zero-order valence-electron chi connectivity index (χ0n) is 19.8. The fourth-order valence-corrected chi connectivity index (χ4v) is 4.14. The molecule has 0 amide bonds. The van der Waals surface area contributed by atoms with E-state index in [1.807, 2.05) is 18.2 Å². The van der Waals surface area contributed by atoms with E-state index in [9.17, 15) is 4.79 Å². The molecule has 0 aliphatic carbocycles. The topological polar surface area (TPSA) is 112 Å². The van der Waals surface area contributed by atoms with Gasteiger partial charge in [0.25, 0.3) is 5.56 Å². The second-order valence-corrected chi connectivity index (χ2v) is 8.21. The van der Waals surface area contributed by atoms with Crippen molar-refractivity contribution in [3.8, 4) is 34.9 Å². The predicted octanol–water partition coefficient (Wildman–Crippen LogP) is 5.26. The Morgan fingerprint density at radius 1 is 1.08 bits per heavy atom. The molecular formula is C27H19ClN4O5. The van der Waals surface area contributed by atoms with E-state index in [0.29, 0.717) is 44.3 Å². The second-order valence-electron chi connectivity index (χ2n) is 7.77. The van der Waals surface area contributed by atoms with Crippen LogP contribution in [0, 0.1) is 11.3 Å². The number of halogens is 1. The summed E-state index contributed by atoms with van der Waals surface area (Å²) in [6.07, 6.45) is 1.39. The van der Waals surface area contributed by atoms with Crippen LogP contribution < -0.4 is 19.8 Å². The van der Waals surface area contributed by atoms with Gasteiger partial charge in [-0.15, -0.1) is 0 Å². The highest BCUT2D eigenvalue weighted by molar-refractivity contribution is 6.31. The van der Waals surface area contributed by atoms with Crippen LogP contribution >= 0.6 is 11.6 Å². The van der Waals surface area contributed by atoms with Gasteiger partial charge in [-0.3, -0.25) is 4.79 Å². The van der Waals surface area contributed by atoms with Crippen molar-refractivity contribution in [3.63, 3.8) is 0 Å². The number of fused-ring (bicyclic) bond motifs is 2. The van der Waals surface area contributed by atoms with E-state index in [4.69, 9.17) is 35.5 Å². The van der Waals surface area contributed by atoms with Gasteiger partial charge < -0.3 is 18.6 Å². The van der Waals surface area contributed by atoms with E-state index in [-0.39, 0.29) is 18.2 Å². The normalized spacial score (nSPS) is 11.2. The molecule has 2 aromatic heterocycles. The molecule has 0 bridgehead atoms. The monoisotopic (exact) mass is 514 g/mol. The van der Waals surface area contributed by atoms with Crippen LogP contribution in [0.3, 0.4) is 0 Å². The molecule has 0 aliphatic rings. The number of para-hydroxylation sites is 1. The highest BCUT2D eigenvalue weighted by Crippen LogP contribution is 2.35. The smallest absolute Gasteiger partial charge is 0.282 e. The Labute approximate surface area is 215 Å². The molecule has 0 radical (unpaired) electrons. The van der Waals surface area contributed by atoms with Crippen LogP contribution in [-0.4, -0.2) is 36.7 Å². The van der Waals surface area contributed by atoms with Gasteiger partial charge in [0.2, 0.25) is 5.82 Å². The van der Waals surface area contributed by atoms with E-state index >= 15 is 0 Å². The number of nitriles is 1. The third-order valence-corrected chi connectivity index (χ3v) is 5.80. The Morgan fingerprint density at radius 3 is 2.68 bits per heavy atom. The molecule has 9 nitrogen and oxygen atoms in total. The van der Waals surface area contributed by atoms with Crippen LogP contribution in [-0.2, 0) is 0 Å². The first kappa shape index (κ1) is 23.9. The quantitative estimate of drug-likeness (QED) is 0.272. The molecule has 184 valence electrons. The molecule has 5 aromatic rings. The maximum absolute atomic E-state index is 13.5. The highest BCUT2D eigenvalue weighted by Gasteiger charge is 2.18. The zero-order valence-corrected chi connectivity index (χ0v) is 20.5. The Bertz CT molecular complexity index is 1770. The minimum Gasteiger partial charge on any atom is -0.496 e. The molecule has 37 heavy (non-hydrogen) atoms. The van der Waals surface area contributed by atoms with Crippen molar-refractivity contribution in [2.75, 3.05) is 20.8 Å². The van der Waals surface area contributed by atoms with Crippen LogP contribution in [0.15, 0.2) is 75.0 Å². The summed E-state index contributed by atoms with van der Waals surface area (Å²) in [5.74, 6) is 1.71. The fraction of sp³-hybridized carbons (Fsp3) is 0.111. The molecule has 0 N–H and O–H groups in total. The summed E-state index contributed by atoms with van der Waals surface area (Å²) in [7, 11) is 3.03. The van der Waals surface area contributed by atoms with Crippen LogP contribution in [0.4, 0.5) is 0 Å². The molecular weight excluding hydrogens is 496 g/mol. The largest absolute Gasteiger partial charge is 0.496 e. The molecule has 0 saturated heterocycles. The minimum absolute atomic E-state index is 0.187. The maximum Gasteiger partial charge on any atom is 0.282 e. The van der Waals surface area contributed by atoms with Gasteiger partial charge in [-0.2, -0.15) is 15.0 Å². The highest BCUT2D eigenvalue weighted by atomic mass is 35.5. The fourth-order valence-electron chi connectivity index (χ4n) is 3.93. The number of benzene rings is 3. The SMILES string of the molecule is COc1cc(Cl)cc(C=Nn2c(-c3cc4c(OC)cccc4o3)nc3ccccc3c2=O)c1OCC#N. The number of furan rings is 1. The average Bonchev–Trinajstić information content (AvgIpc) is 3.36. The number of aromatic nitrogens is 2. The lowest BCUT2D eigenvalue weighted by molar-refractivity contribution is 0.329. The molecule has 5 rings (SSSR count). The van der Waals surface area contributed by atoms with Crippen molar-refractivity contribution in [1.82, 2.24) is 9.66 Å². The first-order valence-electron chi connectivity index (χ1n) is 11.0. The molecule has 3 aromatic carbocycles. The molecule has 0 unspecified atom stereocenters. The standard InChI is InChI=1S/C27H19ClN4O5/c1-34-21-8-5-9-22-19(21)14-24(37-22)26-31-20-7-4-3-6-18(20)27(33)32(26)30-15-16-12-17(28)13-23(35-2)25(16)36-11-10-29/h3-9,12-15H,11H2,1-2H3. The Hall–Kier alpha value is -4.81. The molecule has 0 spiro atoms. The van der Waals surface area contributed by atoms with Gasteiger partial charge in [0.1, 0.15) is 17.4 Å². The van der Waals surface area contributed by atoms with Gasteiger partial charge in [0.05, 0.1) is 36.7 Å². The molecule has 0 saturated carbocycles. The van der Waals surface area contributed by atoms with Crippen molar-refractivity contribution >= 4 is 39.7 Å². The van der Waals surface area contributed by atoms with Gasteiger partial charge in [-0.25, -0.2) is 4.98 Å². The summed E-state index contributed by atoms with van der Waals surface area (Å²) < 4.78 is 23.6. The molecule has 0 aliphatic heterocycles. The van der Waals surface area contributed by atoms with E-state index in [1.54, 1.807) is 55.6 Å². The summed E-state index contributed by atoms with van der Waals surface area (Å²) in [6.45, 7) is -0.220. The van der Waals surface area contributed by atoms with Gasteiger partial charge in [-0.05, 0) is 36.4 Å². The first-order valence-corrected chi connectivity index (χ1v) is 11.4. The van der Waals surface area contributed by atoms with Crippen LogP contribution in [0.25, 0.3) is 33.5 Å². The lowest BCUT2D eigenvalue weighted by atomic mass is 10.2. The van der Waals surface area contributed by atoms with Gasteiger partial charge in [0, 0.05) is 16.7 Å². The van der Waals surface area contributed by atoms with E-state index in [2.05, 4.69) is 10.1 Å². The van der Waals surface area contributed by atoms with E-state index < -0.39 is 5.56 Å². The zero-order chi connectivity index (χ0) is 25.9. The van der Waals surface area contributed by atoms with Crippen molar-refractivity contribution in [2.45, 2.75) is 0 Å². The Morgan fingerprint density at radius 2 is 1.89 bits per heavy atom. The maximum atomic E-state index is 13.5. The number of hydrogen-bond acceptors (Lipinski definition) is 8. The second kappa shape index (κ2) is 10.0. The predicted molar refractivity (Wildman–Crippen MR) is 140 cm³/mol. The van der Waals surface area contributed by atoms with Gasteiger partial charge >= 0.3 is 0 Å². The summed E-state index contributed by atoms with van der Waals surface area (Å²) in [6, 6.07) is 19.2. The molecule has 0 fully saturated rings. The summed E-state index contributed by atoms with van der Waals surface area (Å²) in [5.41, 5.74) is 1.05. The van der Waals surface area contributed by atoms with Crippen molar-refractivity contribution in [1.29, 1.82) is 5.26 Å². The lowest BCUT2D eigenvalue weighted by Gasteiger charge is -2.12. The van der Waals surface area contributed by atoms with Crippen molar-refractivity contribution in [3.05, 3.63) is 81.6 Å². The number of hydrogen-bond donors (Lipinski definition) is 0. The van der Waals surface area contributed by atoms with Crippen LogP contribution in [0.2, 0.25) is 5.02 Å². The summed E-state index contributed by atoms with van der Waals surface area (Å²) >= 11 is 6.26. The van der Waals surface area contributed by atoms with Crippen molar-refractivity contribution in [2.24, 2.45) is 5.10 Å². The number of rotatable bonds is 7. The van der Waals surface area contributed by atoms with E-state index in [0.717, 1.165) is 10.1 Å². The van der Waals surface area contributed by atoms with E-state index in [1.165, 1.54) is 13.3 Å². The molecule has 2 heterocycles. The number of methoxy groups -OCH3 is 2. The third kappa shape index (κ3) is 4.46. The lowest BCUT2D eigenvalue weighted by Crippen LogP contribution is -2.20. The minimum atomic E-state index is -0.405. The molecule has 10 heteroatoms. The van der Waals surface area contributed by atoms with Crippen LogP contribution in [0.5, 0.6) is 17.2 Å². The first-order chi connectivity index (χ1) is 18.0. The molecule has 0 atom stereocenters. The van der Waals surface area contributed by atoms with Gasteiger partial charge in [-0.1, -0.05) is 29.8 Å². The van der Waals surface area contributed by atoms with Crippen LogP contribution in [0.1, 0.15) is 5.56 Å². The average molecular weight is 515 g/mol. The summed E-state index contributed by atoms with van der Waals surface area (Å²) in [5, 5.41) is 14.9. The summed E-state index contributed by atoms with van der Waals surface area (Å²) in [4.78, 5) is 18.2. The third-order valence-electron chi connectivity index (χ3n) is 5.58. The van der Waals surface area contributed by atoms with Crippen molar-refractivity contribution < 1.29 is 18.6 Å². The Kier molecular flexibility index (Phi) is 6.49. The Balaban J connectivity index is 1.73. The number of nitrogens with zero attached hydrogens (tertiary/aromatic N) is 4. The van der Waals surface area contributed by atoms with Gasteiger partial charge in [0.15, 0.2) is 23.9 Å².